The van der Waals surface area contributed by atoms with Crippen LogP contribution in [0.25, 0.3) is 11.3 Å². The van der Waals surface area contributed by atoms with E-state index in [0.29, 0.717) is 11.7 Å². The Bertz CT molecular complexity index is 1250. The molecule has 2 aromatic heterocycles. The van der Waals surface area contributed by atoms with Crippen molar-refractivity contribution < 1.29 is 4.79 Å². The van der Waals surface area contributed by atoms with Crippen molar-refractivity contribution in [2.45, 2.75) is 13.5 Å². The van der Waals surface area contributed by atoms with Crippen LogP contribution in [0.15, 0.2) is 76.0 Å². The highest BCUT2D eigenvalue weighted by atomic mass is 79.9. The Morgan fingerprint density at radius 1 is 1.07 bits per heavy atom. The average molecular weight is 481 g/mol. The van der Waals surface area contributed by atoms with E-state index in [1.54, 1.807) is 0 Å². The van der Waals surface area contributed by atoms with Gasteiger partial charge in [-0.1, -0.05) is 58.4 Å². The van der Waals surface area contributed by atoms with E-state index in [-0.39, 0.29) is 11.3 Å². The summed E-state index contributed by atoms with van der Waals surface area (Å²) in [5.74, 6) is -0.409. The highest BCUT2D eigenvalue weighted by Gasteiger charge is 2.15. The molecule has 0 fully saturated rings. The highest BCUT2D eigenvalue weighted by molar-refractivity contribution is 9.10. The van der Waals surface area contributed by atoms with Gasteiger partial charge in [0.25, 0.3) is 11.5 Å². The van der Waals surface area contributed by atoms with Crippen molar-refractivity contribution in [3.05, 3.63) is 97.7 Å². The summed E-state index contributed by atoms with van der Waals surface area (Å²) < 4.78 is 2.27. The summed E-state index contributed by atoms with van der Waals surface area (Å²) in [4.78, 5) is 30.4. The lowest BCUT2D eigenvalue weighted by Gasteiger charge is -2.07. The van der Waals surface area contributed by atoms with Gasteiger partial charge in [-0.3, -0.25) is 14.9 Å². The number of thiazole rings is 1. The van der Waals surface area contributed by atoms with Crippen LogP contribution in [0.5, 0.6) is 0 Å². The van der Waals surface area contributed by atoms with E-state index in [2.05, 4.69) is 31.3 Å². The number of halogens is 1. The van der Waals surface area contributed by atoms with Crippen molar-refractivity contribution in [3.8, 4) is 11.3 Å². The molecule has 0 saturated heterocycles. The van der Waals surface area contributed by atoms with Crippen molar-refractivity contribution in [2.75, 3.05) is 5.32 Å². The van der Waals surface area contributed by atoms with Crippen molar-refractivity contribution >= 4 is 38.3 Å². The van der Waals surface area contributed by atoms with E-state index in [1.165, 1.54) is 28.2 Å². The first-order valence-electron chi connectivity index (χ1n) is 9.16. The molecule has 1 amide bonds. The lowest BCUT2D eigenvalue weighted by atomic mass is 10.1. The zero-order valence-corrected chi connectivity index (χ0v) is 18.4. The molecule has 2 aromatic carbocycles. The molecule has 4 aromatic rings. The van der Waals surface area contributed by atoms with Gasteiger partial charge in [0.2, 0.25) is 0 Å². The van der Waals surface area contributed by atoms with Gasteiger partial charge >= 0.3 is 0 Å². The fraction of sp³-hybridized carbons (Fsp3) is 0.0909. The molecule has 0 aliphatic rings. The van der Waals surface area contributed by atoms with Gasteiger partial charge in [-0.15, -0.1) is 11.3 Å². The molecule has 0 atom stereocenters. The Morgan fingerprint density at radius 2 is 1.80 bits per heavy atom. The smallest absolute Gasteiger partial charge is 0.277 e. The summed E-state index contributed by atoms with van der Waals surface area (Å²) >= 11 is 4.82. The molecule has 8 heteroatoms. The number of carbonyl (C=O) groups is 1. The number of anilines is 1. The van der Waals surface area contributed by atoms with Gasteiger partial charge in [-0.05, 0) is 30.7 Å². The Morgan fingerprint density at radius 3 is 2.53 bits per heavy atom. The minimum atomic E-state index is -0.409. The molecule has 2 heterocycles. The maximum Gasteiger partial charge on any atom is 0.277 e. The molecule has 0 aliphatic heterocycles. The first-order valence-corrected chi connectivity index (χ1v) is 10.8. The molecule has 30 heavy (non-hydrogen) atoms. The van der Waals surface area contributed by atoms with E-state index in [9.17, 15) is 9.59 Å². The van der Waals surface area contributed by atoms with Crippen molar-refractivity contribution in [3.63, 3.8) is 0 Å². The summed E-state index contributed by atoms with van der Waals surface area (Å²) in [5.41, 5.74) is 2.62. The van der Waals surface area contributed by atoms with Crippen LogP contribution < -0.4 is 10.9 Å². The van der Waals surface area contributed by atoms with Gasteiger partial charge in [-0.25, -0.2) is 9.67 Å². The third-order valence-corrected chi connectivity index (χ3v) is 5.82. The molecule has 0 bridgehead atoms. The number of carbonyl (C=O) groups excluding carboxylic acids is 1. The average Bonchev–Trinajstić information content (AvgIpc) is 3.11. The van der Waals surface area contributed by atoms with Crippen LogP contribution in [0.1, 0.15) is 20.9 Å². The van der Waals surface area contributed by atoms with Gasteiger partial charge < -0.3 is 0 Å². The summed E-state index contributed by atoms with van der Waals surface area (Å²) in [5, 5.41) is 7.50. The minimum absolute atomic E-state index is 0.156. The molecular formula is C22H17BrN4O2S. The van der Waals surface area contributed by atoms with E-state index in [4.69, 9.17) is 0 Å². The molecule has 0 aliphatic carbocycles. The fourth-order valence-corrected chi connectivity index (χ4v) is 4.02. The topological polar surface area (TPSA) is 76.9 Å². The van der Waals surface area contributed by atoms with E-state index >= 15 is 0 Å². The minimum Gasteiger partial charge on any atom is -0.296 e. The SMILES string of the molecule is Cc1sc(NC(=O)c2ccc(=O)n(Cc3ccccc3)n2)nc1-c1ccc(Br)cc1. The summed E-state index contributed by atoms with van der Waals surface area (Å²) in [6.07, 6.45) is 0. The number of amides is 1. The van der Waals surface area contributed by atoms with Gasteiger partial charge in [-0.2, -0.15) is 5.10 Å². The lowest BCUT2D eigenvalue weighted by molar-refractivity contribution is 0.102. The van der Waals surface area contributed by atoms with Crippen molar-refractivity contribution in [1.82, 2.24) is 14.8 Å². The molecular weight excluding hydrogens is 464 g/mol. The van der Waals surface area contributed by atoms with Crippen LogP contribution in [0.2, 0.25) is 0 Å². The molecule has 0 saturated carbocycles. The van der Waals surface area contributed by atoms with Gasteiger partial charge in [0.15, 0.2) is 5.13 Å². The maximum atomic E-state index is 12.7. The second kappa shape index (κ2) is 8.73. The van der Waals surface area contributed by atoms with Crippen LogP contribution in [-0.2, 0) is 6.54 Å². The molecule has 4 rings (SSSR count). The molecule has 150 valence electrons. The van der Waals surface area contributed by atoms with Gasteiger partial charge in [0.05, 0.1) is 12.2 Å². The third-order valence-electron chi connectivity index (χ3n) is 4.41. The second-order valence-electron chi connectivity index (χ2n) is 6.58. The predicted octanol–water partition coefficient (Wildman–Crippen LogP) is 4.74. The first kappa shape index (κ1) is 20.2. The van der Waals surface area contributed by atoms with E-state index in [1.807, 2.05) is 61.5 Å². The number of aromatic nitrogens is 3. The summed E-state index contributed by atoms with van der Waals surface area (Å²) in [6, 6.07) is 20.1. The van der Waals surface area contributed by atoms with Crippen LogP contribution in [0.3, 0.4) is 0 Å². The lowest BCUT2D eigenvalue weighted by Crippen LogP contribution is -2.26. The number of benzene rings is 2. The number of hydrogen-bond acceptors (Lipinski definition) is 5. The number of nitrogens with zero attached hydrogens (tertiary/aromatic N) is 3. The number of aryl methyl sites for hydroxylation is 1. The highest BCUT2D eigenvalue weighted by Crippen LogP contribution is 2.31. The standard InChI is InChI=1S/C22H17BrN4O2S/c1-14-20(16-7-9-17(23)10-8-16)24-22(30-14)25-21(29)18-11-12-19(28)27(26-18)13-15-5-3-2-4-6-15/h2-12H,13H2,1H3,(H,24,25,29). The third kappa shape index (κ3) is 4.55. The molecule has 1 N–H and O–H groups in total. The zero-order valence-electron chi connectivity index (χ0n) is 16.0. The summed E-state index contributed by atoms with van der Waals surface area (Å²) in [6.45, 7) is 2.26. The van der Waals surface area contributed by atoms with Gasteiger partial charge in [0, 0.05) is 21.0 Å². The number of nitrogens with one attached hydrogen (secondary N) is 1. The van der Waals surface area contributed by atoms with E-state index < -0.39 is 5.91 Å². The molecule has 6 nitrogen and oxygen atoms in total. The van der Waals surface area contributed by atoms with E-state index in [0.717, 1.165) is 26.2 Å². The Hall–Kier alpha value is -3.10. The second-order valence-corrected chi connectivity index (χ2v) is 8.70. The van der Waals surface area contributed by atoms with Crippen LogP contribution in [-0.4, -0.2) is 20.7 Å². The number of rotatable bonds is 5. The Kier molecular flexibility index (Phi) is 5.87. The monoisotopic (exact) mass is 480 g/mol. The zero-order chi connectivity index (χ0) is 21.1. The maximum absolute atomic E-state index is 12.7. The summed E-state index contributed by atoms with van der Waals surface area (Å²) in [7, 11) is 0. The first-order chi connectivity index (χ1) is 14.5. The number of hydrogen-bond donors (Lipinski definition) is 1. The molecule has 0 radical (unpaired) electrons. The van der Waals surface area contributed by atoms with Crippen molar-refractivity contribution in [1.29, 1.82) is 0 Å². The quantitative estimate of drug-likeness (QED) is 0.447. The van der Waals surface area contributed by atoms with Gasteiger partial charge in [0.1, 0.15) is 5.69 Å². The largest absolute Gasteiger partial charge is 0.296 e. The van der Waals surface area contributed by atoms with Crippen LogP contribution in [0.4, 0.5) is 5.13 Å². The fourth-order valence-electron chi connectivity index (χ4n) is 2.93. The Labute approximate surface area is 185 Å². The molecule has 0 unspecified atom stereocenters. The van der Waals surface area contributed by atoms with Crippen LogP contribution >= 0.6 is 27.3 Å². The Balaban J connectivity index is 1.54. The normalized spacial score (nSPS) is 10.7. The molecule has 0 spiro atoms. The predicted molar refractivity (Wildman–Crippen MR) is 122 cm³/mol. The van der Waals surface area contributed by atoms with Crippen LogP contribution in [0, 0.1) is 6.92 Å². The van der Waals surface area contributed by atoms with Crippen molar-refractivity contribution in [2.24, 2.45) is 0 Å².